The smallest absolute Gasteiger partial charge is 0.261 e. The predicted molar refractivity (Wildman–Crippen MR) is 147 cm³/mol. The van der Waals surface area contributed by atoms with Crippen molar-refractivity contribution in [3.63, 3.8) is 0 Å². The molecule has 34 heavy (non-hydrogen) atoms. The van der Waals surface area contributed by atoms with Crippen molar-refractivity contribution in [1.82, 2.24) is 4.31 Å². The molecular formula is C28H39ClN2O2S. The molecule has 1 aromatic rings. The molecule has 1 aliphatic carbocycles. The van der Waals surface area contributed by atoms with Crippen LogP contribution in [-0.4, -0.2) is 32.2 Å². The Kier molecular flexibility index (Phi) is 10.4. The molecule has 2 atom stereocenters. The molecule has 6 heteroatoms. The van der Waals surface area contributed by atoms with E-state index in [2.05, 4.69) is 37.6 Å². The van der Waals surface area contributed by atoms with E-state index in [4.69, 9.17) is 11.6 Å². The molecular weight excluding hydrogens is 464 g/mol. The summed E-state index contributed by atoms with van der Waals surface area (Å²) in [7, 11) is -2.18. The van der Waals surface area contributed by atoms with Crippen molar-refractivity contribution < 1.29 is 8.42 Å². The fourth-order valence-electron chi connectivity index (χ4n) is 3.95. The van der Waals surface area contributed by atoms with E-state index >= 15 is 0 Å². The van der Waals surface area contributed by atoms with Gasteiger partial charge in [-0.3, -0.25) is 4.99 Å². The standard InChI is InChI=1S/C28H39ClN2O2S/c1-8-20(3)17-26(29)23(6)28(30-7)31(19-21(4)9-2)34(32,33)27-16-15-25(18-22(27)5)24-13-11-10-12-14-24/h10-16,21-22H,3,8-9,17-19H2,1-2,4-7H3. The minimum absolute atomic E-state index is 0.151. The van der Waals surface area contributed by atoms with E-state index in [9.17, 15) is 8.42 Å². The van der Waals surface area contributed by atoms with Crippen molar-refractivity contribution in [2.75, 3.05) is 13.6 Å². The van der Waals surface area contributed by atoms with Gasteiger partial charge in [-0.2, -0.15) is 0 Å². The van der Waals surface area contributed by atoms with Gasteiger partial charge in [0.25, 0.3) is 10.0 Å². The third kappa shape index (κ3) is 6.73. The van der Waals surface area contributed by atoms with Gasteiger partial charge in [-0.15, -0.1) is 0 Å². The minimum atomic E-state index is -3.80. The maximum absolute atomic E-state index is 14.1. The van der Waals surface area contributed by atoms with Crippen molar-refractivity contribution in [2.45, 2.75) is 60.3 Å². The number of allylic oxidation sites excluding steroid dienone is 6. The van der Waals surface area contributed by atoms with Crippen LogP contribution in [0.5, 0.6) is 0 Å². The summed E-state index contributed by atoms with van der Waals surface area (Å²) in [4.78, 5) is 4.84. The Balaban J connectivity index is 2.54. The van der Waals surface area contributed by atoms with Crippen LogP contribution >= 0.6 is 11.6 Å². The Hall–Kier alpha value is -2.11. The number of aliphatic imine (C=N–C) groups is 1. The SMILES string of the molecule is C=C(CC)CC(Cl)=C(C)C(=NC)N(CC(C)CC)S(=O)(=O)C1=CC=C(c2ccccc2)CC1C. The van der Waals surface area contributed by atoms with Gasteiger partial charge in [-0.1, -0.05) is 94.3 Å². The third-order valence-corrected chi connectivity index (χ3v) is 8.92. The van der Waals surface area contributed by atoms with Crippen LogP contribution < -0.4 is 0 Å². The first-order valence-corrected chi connectivity index (χ1v) is 13.9. The van der Waals surface area contributed by atoms with Crippen LogP contribution in [0.1, 0.15) is 65.9 Å². The summed E-state index contributed by atoms with van der Waals surface area (Å²) in [6, 6.07) is 10.1. The van der Waals surface area contributed by atoms with Crippen LogP contribution in [0, 0.1) is 11.8 Å². The number of sulfonamides is 1. The van der Waals surface area contributed by atoms with E-state index in [1.807, 2.05) is 45.0 Å². The van der Waals surface area contributed by atoms with Crippen LogP contribution in [0.15, 0.2) is 75.1 Å². The second kappa shape index (κ2) is 12.6. The lowest BCUT2D eigenvalue weighted by Gasteiger charge is -2.32. The summed E-state index contributed by atoms with van der Waals surface area (Å²) >= 11 is 6.64. The van der Waals surface area contributed by atoms with Crippen molar-refractivity contribution in [3.8, 4) is 0 Å². The zero-order valence-corrected chi connectivity index (χ0v) is 23.0. The molecule has 0 amide bonds. The van der Waals surface area contributed by atoms with E-state index in [0.29, 0.717) is 40.7 Å². The number of nitrogens with zero attached hydrogens (tertiary/aromatic N) is 2. The molecule has 0 N–H and O–H groups in total. The highest BCUT2D eigenvalue weighted by atomic mass is 35.5. The molecule has 0 radical (unpaired) electrons. The summed E-state index contributed by atoms with van der Waals surface area (Å²) in [6.07, 6.45) is 6.56. The van der Waals surface area contributed by atoms with Gasteiger partial charge >= 0.3 is 0 Å². The lowest BCUT2D eigenvalue weighted by Crippen LogP contribution is -2.42. The van der Waals surface area contributed by atoms with Gasteiger partial charge in [0.05, 0.1) is 4.91 Å². The Morgan fingerprint density at radius 2 is 1.88 bits per heavy atom. The van der Waals surface area contributed by atoms with Crippen LogP contribution in [-0.2, 0) is 10.0 Å². The van der Waals surface area contributed by atoms with Gasteiger partial charge < -0.3 is 0 Å². The Labute approximate surface area is 211 Å². The molecule has 2 rings (SSSR count). The molecule has 0 fully saturated rings. The average Bonchev–Trinajstić information content (AvgIpc) is 2.83. The van der Waals surface area contributed by atoms with Gasteiger partial charge in [0.1, 0.15) is 5.84 Å². The highest BCUT2D eigenvalue weighted by molar-refractivity contribution is 7.93. The fourth-order valence-corrected chi connectivity index (χ4v) is 6.21. The molecule has 4 nitrogen and oxygen atoms in total. The van der Waals surface area contributed by atoms with Gasteiger partial charge in [0, 0.05) is 30.6 Å². The topological polar surface area (TPSA) is 49.7 Å². The number of hydrogen-bond acceptors (Lipinski definition) is 3. The summed E-state index contributed by atoms with van der Waals surface area (Å²) in [5.74, 6) is 0.418. The summed E-state index contributed by atoms with van der Waals surface area (Å²) in [5.41, 5.74) is 3.94. The van der Waals surface area contributed by atoms with Crippen molar-refractivity contribution >= 4 is 33.0 Å². The molecule has 0 aliphatic heterocycles. The highest BCUT2D eigenvalue weighted by Gasteiger charge is 2.35. The lowest BCUT2D eigenvalue weighted by molar-refractivity contribution is 0.439. The zero-order valence-electron chi connectivity index (χ0n) is 21.4. The number of rotatable bonds is 10. The lowest BCUT2D eigenvalue weighted by atomic mass is 9.91. The molecule has 1 aromatic carbocycles. The molecule has 186 valence electrons. The van der Waals surface area contributed by atoms with Crippen molar-refractivity contribution in [3.05, 3.63) is 75.7 Å². The molecule has 0 saturated carbocycles. The average molecular weight is 503 g/mol. The van der Waals surface area contributed by atoms with Crippen molar-refractivity contribution in [1.29, 1.82) is 0 Å². The van der Waals surface area contributed by atoms with Crippen LogP contribution in [0.3, 0.4) is 0 Å². The van der Waals surface area contributed by atoms with Crippen molar-refractivity contribution in [2.24, 2.45) is 16.8 Å². The largest absolute Gasteiger partial charge is 0.271 e. The maximum atomic E-state index is 14.1. The quantitative estimate of drug-likeness (QED) is 0.188. The Morgan fingerprint density at radius 3 is 2.41 bits per heavy atom. The summed E-state index contributed by atoms with van der Waals surface area (Å²) in [5, 5.41) is 0.578. The normalized spacial score (nSPS) is 18.6. The zero-order chi connectivity index (χ0) is 25.5. The molecule has 0 heterocycles. The molecule has 2 unspecified atom stereocenters. The molecule has 0 spiro atoms. The van der Waals surface area contributed by atoms with E-state index in [-0.39, 0.29) is 11.8 Å². The summed E-state index contributed by atoms with van der Waals surface area (Å²) in [6.45, 7) is 14.4. The second-order valence-corrected chi connectivity index (χ2v) is 11.5. The number of halogens is 1. The second-order valence-electron chi connectivity index (χ2n) is 9.14. The third-order valence-electron chi connectivity index (χ3n) is 6.46. The van der Waals surface area contributed by atoms with Crippen LogP contribution in [0.2, 0.25) is 0 Å². The van der Waals surface area contributed by atoms with Crippen LogP contribution in [0.25, 0.3) is 5.57 Å². The number of amidine groups is 1. The van der Waals surface area contributed by atoms with Gasteiger partial charge in [0.2, 0.25) is 0 Å². The Bertz CT molecular complexity index is 1100. The molecule has 0 saturated heterocycles. The first-order valence-electron chi connectivity index (χ1n) is 12.0. The van der Waals surface area contributed by atoms with Crippen LogP contribution in [0.4, 0.5) is 0 Å². The molecule has 0 bridgehead atoms. The van der Waals surface area contributed by atoms with E-state index in [0.717, 1.165) is 29.6 Å². The van der Waals surface area contributed by atoms with Gasteiger partial charge in [-0.05, 0) is 48.8 Å². The predicted octanol–water partition coefficient (Wildman–Crippen LogP) is 7.57. The highest BCUT2D eigenvalue weighted by Crippen LogP contribution is 2.36. The number of hydrogen-bond donors (Lipinski definition) is 0. The van der Waals surface area contributed by atoms with Gasteiger partial charge in [-0.25, -0.2) is 12.7 Å². The maximum Gasteiger partial charge on any atom is 0.261 e. The fraction of sp³-hybridized carbons (Fsp3) is 0.464. The molecule has 0 aromatic heterocycles. The van der Waals surface area contributed by atoms with E-state index in [1.165, 1.54) is 4.31 Å². The monoisotopic (exact) mass is 502 g/mol. The Morgan fingerprint density at radius 1 is 1.24 bits per heavy atom. The minimum Gasteiger partial charge on any atom is -0.271 e. The summed E-state index contributed by atoms with van der Waals surface area (Å²) < 4.78 is 29.6. The van der Waals surface area contributed by atoms with E-state index < -0.39 is 10.0 Å². The molecule has 1 aliphatic rings. The van der Waals surface area contributed by atoms with Gasteiger partial charge in [0.15, 0.2) is 0 Å². The first kappa shape index (κ1) is 28.1. The number of benzene rings is 1. The first-order chi connectivity index (χ1) is 16.1. The van der Waals surface area contributed by atoms with E-state index in [1.54, 1.807) is 13.1 Å².